The lowest BCUT2D eigenvalue weighted by Crippen LogP contribution is -2.32. The van der Waals surface area contributed by atoms with Crippen LogP contribution in [-0.4, -0.2) is 43.8 Å². The Bertz CT molecular complexity index is 1300. The number of carbonyl (C=O) groups excluding carboxylic acids is 2. The summed E-state index contributed by atoms with van der Waals surface area (Å²) in [4.78, 5) is 25.7. The summed E-state index contributed by atoms with van der Waals surface area (Å²) in [5, 5.41) is 2.82. The summed E-state index contributed by atoms with van der Waals surface area (Å²) >= 11 is 0. The van der Waals surface area contributed by atoms with Gasteiger partial charge in [-0.2, -0.15) is 4.31 Å². The number of rotatable bonds is 9. The molecule has 0 aliphatic heterocycles. The van der Waals surface area contributed by atoms with Crippen molar-refractivity contribution in [2.24, 2.45) is 0 Å². The van der Waals surface area contributed by atoms with Crippen molar-refractivity contribution in [3.05, 3.63) is 83.9 Å². The number of nitrogens with zero attached hydrogens (tertiary/aromatic N) is 1. The van der Waals surface area contributed by atoms with E-state index in [1.54, 1.807) is 32.9 Å². The van der Waals surface area contributed by atoms with Crippen molar-refractivity contribution in [3.63, 3.8) is 0 Å². The van der Waals surface area contributed by atoms with Crippen LogP contribution in [0.3, 0.4) is 0 Å². The van der Waals surface area contributed by atoms with Crippen molar-refractivity contribution in [1.29, 1.82) is 0 Å². The molecule has 184 valence electrons. The van der Waals surface area contributed by atoms with Crippen LogP contribution in [0.5, 0.6) is 0 Å². The zero-order valence-electron chi connectivity index (χ0n) is 20.3. The maximum absolute atomic E-state index is 13.0. The number of amides is 1. The molecule has 0 heterocycles. The molecular formula is C27H30N2O5S. The minimum Gasteiger partial charge on any atom is -0.449 e. The van der Waals surface area contributed by atoms with Crippen LogP contribution >= 0.6 is 0 Å². The van der Waals surface area contributed by atoms with Gasteiger partial charge in [-0.25, -0.2) is 13.2 Å². The number of benzene rings is 3. The normalized spacial score (nSPS) is 12.3. The Morgan fingerprint density at radius 2 is 1.57 bits per heavy atom. The van der Waals surface area contributed by atoms with Crippen molar-refractivity contribution in [2.75, 3.05) is 18.4 Å². The molecule has 0 unspecified atom stereocenters. The zero-order valence-corrected chi connectivity index (χ0v) is 21.1. The van der Waals surface area contributed by atoms with Gasteiger partial charge in [0.15, 0.2) is 6.10 Å². The van der Waals surface area contributed by atoms with Crippen LogP contribution < -0.4 is 5.32 Å². The molecule has 7 nitrogen and oxygen atoms in total. The topological polar surface area (TPSA) is 92.8 Å². The molecule has 0 fully saturated rings. The van der Waals surface area contributed by atoms with Crippen molar-refractivity contribution < 1.29 is 22.7 Å². The number of hydrogen-bond donors (Lipinski definition) is 1. The van der Waals surface area contributed by atoms with E-state index in [0.717, 1.165) is 11.1 Å². The van der Waals surface area contributed by atoms with E-state index >= 15 is 0 Å². The second-order valence-corrected chi connectivity index (χ2v) is 9.92. The molecule has 35 heavy (non-hydrogen) atoms. The Morgan fingerprint density at radius 1 is 0.943 bits per heavy atom. The van der Waals surface area contributed by atoms with E-state index in [1.807, 2.05) is 48.5 Å². The third-order valence-electron chi connectivity index (χ3n) is 5.67. The van der Waals surface area contributed by atoms with Crippen molar-refractivity contribution in [3.8, 4) is 11.1 Å². The minimum absolute atomic E-state index is 0.0459. The summed E-state index contributed by atoms with van der Waals surface area (Å²) in [6, 6.07) is 21.3. The zero-order chi connectivity index (χ0) is 25.6. The van der Waals surface area contributed by atoms with Crippen molar-refractivity contribution in [1.82, 2.24) is 4.31 Å². The first-order valence-electron chi connectivity index (χ1n) is 11.5. The van der Waals surface area contributed by atoms with Crippen molar-refractivity contribution >= 4 is 27.6 Å². The summed E-state index contributed by atoms with van der Waals surface area (Å²) in [5.74, 6) is -1.27. The molecule has 1 amide bonds. The standard InChI is InChI=1S/C27H30N2O5S/c1-5-29(6-2)35(32,33)25-18-22(17-16-19(25)3)27(31)34-20(4)26(30)28-24-15-11-10-14-23(24)21-12-8-7-9-13-21/h7-18,20H,5-6H2,1-4H3,(H,28,30)/t20-/m1/s1. The van der Waals surface area contributed by atoms with Gasteiger partial charge in [-0.05, 0) is 43.2 Å². The number of hydrogen-bond acceptors (Lipinski definition) is 5. The molecule has 0 saturated carbocycles. The predicted molar refractivity (Wildman–Crippen MR) is 137 cm³/mol. The highest BCUT2D eigenvalue weighted by molar-refractivity contribution is 7.89. The van der Waals surface area contributed by atoms with Gasteiger partial charge in [0, 0.05) is 24.3 Å². The molecule has 0 aliphatic rings. The van der Waals surface area contributed by atoms with Crippen molar-refractivity contribution in [2.45, 2.75) is 38.7 Å². The molecule has 3 aromatic rings. The first-order chi connectivity index (χ1) is 16.7. The average Bonchev–Trinajstić information content (AvgIpc) is 2.85. The SMILES string of the molecule is CCN(CC)S(=O)(=O)c1cc(C(=O)O[C@H](C)C(=O)Nc2ccccc2-c2ccccc2)ccc1C. The fraction of sp³-hybridized carbons (Fsp3) is 0.259. The second-order valence-electron chi connectivity index (χ2n) is 8.02. The first kappa shape index (κ1) is 26.1. The van der Waals surface area contributed by atoms with Gasteiger partial charge in [0.05, 0.1) is 10.5 Å². The van der Waals surface area contributed by atoms with Crippen LogP contribution in [0.25, 0.3) is 11.1 Å². The lowest BCUT2D eigenvalue weighted by molar-refractivity contribution is -0.123. The first-order valence-corrected chi connectivity index (χ1v) is 12.9. The number of anilines is 1. The van der Waals surface area contributed by atoms with Gasteiger partial charge in [0.25, 0.3) is 5.91 Å². The molecule has 1 atom stereocenters. The molecule has 0 radical (unpaired) electrons. The van der Waals surface area contributed by atoms with Crippen LogP contribution in [0.1, 0.15) is 36.7 Å². The van der Waals surface area contributed by atoms with Gasteiger partial charge < -0.3 is 10.1 Å². The Balaban J connectivity index is 1.77. The van der Waals surface area contributed by atoms with Crippen LogP contribution in [0, 0.1) is 6.92 Å². The van der Waals surface area contributed by atoms with Crippen LogP contribution in [-0.2, 0) is 19.6 Å². The summed E-state index contributed by atoms with van der Waals surface area (Å²) in [7, 11) is -3.76. The molecule has 0 spiro atoms. The predicted octanol–water partition coefficient (Wildman–Crippen LogP) is 4.88. The average molecular weight is 495 g/mol. The van der Waals surface area contributed by atoms with E-state index in [1.165, 1.54) is 23.4 Å². The quantitative estimate of drug-likeness (QED) is 0.428. The third kappa shape index (κ3) is 5.96. The molecule has 0 aliphatic carbocycles. The molecule has 3 rings (SSSR count). The maximum Gasteiger partial charge on any atom is 0.338 e. The van der Waals surface area contributed by atoms with E-state index in [0.29, 0.717) is 24.3 Å². The van der Waals surface area contributed by atoms with Gasteiger partial charge in [-0.3, -0.25) is 4.79 Å². The Morgan fingerprint density at radius 3 is 2.23 bits per heavy atom. The van der Waals surface area contributed by atoms with Crippen LogP contribution in [0.15, 0.2) is 77.7 Å². The fourth-order valence-electron chi connectivity index (χ4n) is 3.69. The van der Waals surface area contributed by atoms with Gasteiger partial charge >= 0.3 is 5.97 Å². The highest BCUT2D eigenvalue weighted by atomic mass is 32.2. The maximum atomic E-state index is 13.0. The smallest absolute Gasteiger partial charge is 0.338 e. The van der Waals surface area contributed by atoms with Gasteiger partial charge in [-0.15, -0.1) is 0 Å². The number of aryl methyl sites for hydroxylation is 1. The summed E-state index contributed by atoms with van der Waals surface area (Å²) in [6.07, 6.45) is -1.10. The molecule has 8 heteroatoms. The summed E-state index contributed by atoms with van der Waals surface area (Å²) in [5.41, 5.74) is 2.95. The van der Waals surface area contributed by atoms with Crippen LogP contribution in [0.4, 0.5) is 5.69 Å². The number of sulfonamides is 1. The number of nitrogens with one attached hydrogen (secondary N) is 1. The van der Waals surface area contributed by atoms with E-state index in [2.05, 4.69) is 5.32 Å². The number of para-hydroxylation sites is 1. The van der Waals surface area contributed by atoms with E-state index in [4.69, 9.17) is 4.74 Å². The number of ether oxygens (including phenoxy) is 1. The summed E-state index contributed by atoms with van der Waals surface area (Å²) in [6.45, 7) is 7.28. The highest BCUT2D eigenvalue weighted by Gasteiger charge is 2.26. The monoisotopic (exact) mass is 494 g/mol. The van der Waals surface area contributed by atoms with Crippen LogP contribution in [0.2, 0.25) is 0 Å². The Labute approximate surface area is 206 Å². The van der Waals surface area contributed by atoms with Gasteiger partial charge in [0.2, 0.25) is 10.0 Å². The van der Waals surface area contributed by atoms with E-state index in [9.17, 15) is 18.0 Å². The number of esters is 1. The van der Waals surface area contributed by atoms with E-state index < -0.39 is 28.0 Å². The number of carbonyl (C=O) groups is 2. The molecular weight excluding hydrogens is 464 g/mol. The third-order valence-corrected chi connectivity index (χ3v) is 7.86. The lowest BCUT2D eigenvalue weighted by atomic mass is 10.0. The highest BCUT2D eigenvalue weighted by Crippen LogP contribution is 2.28. The molecule has 3 aromatic carbocycles. The largest absolute Gasteiger partial charge is 0.449 e. The van der Waals surface area contributed by atoms with E-state index in [-0.39, 0.29) is 10.5 Å². The summed E-state index contributed by atoms with van der Waals surface area (Å²) < 4.78 is 32.7. The van der Waals surface area contributed by atoms with Gasteiger partial charge in [0.1, 0.15) is 0 Å². The second kappa shape index (κ2) is 11.3. The molecule has 1 N–H and O–H groups in total. The fourth-order valence-corrected chi connectivity index (χ4v) is 5.39. The molecule has 0 bridgehead atoms. The molecule has 0 saturated heterocycles. The lowest BCUT2D eigenvalue weighted by Gasteiger charge is -2.20. The van der Waals surface area contributed by atoms with Gasteiger partial charge in [-0.1, -0.05) is 68.4 Å². The Kier molecular flexibility index (Phi) is 8.43. The Hall–Kier alpha value is -3.49. The molecule has 0 aromatic heterocycles. The minimum atomic E-state index is -3.76.